The highest BCUT2D eigenvalue weighted by Crippen LogP contribution is 2.33. The molecule has 0 saturated carbocycles. The second-order valence-corrected chi connectivity index (χ2v) is 5.48. The lowest BCUT2D eigenvalue weighted by atomic mass is 10.0. The highest BCUT2D eigenvalue weighted by molar-refractivity contribution is 6.00. The molecule has 1 atom stereocenters. The number of nitrogens with zero attached hydrogens (tertiary/aromatic N) is 2. The van der Waals surface area contributed by atoms with Gasteiger partial charge in [0.2, 0.25) is 0 Å². The van der Waals surface area contributed by atoms with Crippen molar-refractivity contribution in [1.29, 1.82) is 0 Å². The predicted molar refractivity (Wildman–Crippen MR) is 82.8 cm³/mol. The molecule has 2 heterocycles. The fourth-order valence-electron chi connectivity index (χ4n) is 2.95. The summed E-state index contributed by atoms with van der Waals surface area (Å²) in [7, 11) is 0. The molecule has 2 aromatic rings. The normalized spacial score (nSPS) is 18.0. The zero-order chi connectivity index (χ0) is 14.8. The Bertz CT molecular complexity index is 654. The number of nitrogens with two attached hydrogens (primary N) is 1. The van der Waals surface area contributed by atoms with Crippen LogP contribution in [0.15, 0.2) is 42.7 Å². The maximum atomic E-state index is 12.8. The van der Waals surface area contributed by atoms with Crippen LogP contribution in [0.1, 0.15) is 40.4 Å². The zero-order valence-electron chi connectivity index (χ0n) is 12.1. The van der Waals surface area contributed by atoms with Crippen molar-refractivity contribution < 1.29 is 4.79 Å². The van der Waals surface area contributed by atoms with Gasteiger partial charge in [0, 0.05) is 24.6 Å². The third-order valence-corrected chi connectivity index (χ3v) is 4.14. The Morgan fingerprint density at radius 3 is 2.95 bits per heavy atom. The minimum atomic E-state index is 0.0163. The Morgan fingerprint density at radius 2 is 2.19 bits per heavy atom. The number of aromatic nitrogens is 1. The van der Waals surface area contributed by atoms with Gasteiger partial charge < -0.3 is 10.6 Å². The molecule has 0 spiro atoms. The van der Waals surface area contributed by atoms with Gasteiger partial charge in [-0.1, -0.05) is 18.2 Å². The fourth-order valence-corrected chi connectivity index (χ4v) is 2.95. The maximum absolute atomic E-state index is 12.8. The summed E-state index contributed by atoms with van der Waals surface area (Å²) in [4.78, 5) is 18.9. The largest absolute Gasteiger partial charge is 0.398 e. The van der Waals surface area contributed by atoms with Crippen LogP contribution in [-0.2, 0) is 0 Å². The van der Waals surface area contributed by atoms with E-state index in [4.69, 9.17) is 5.73 Å². The van der Waals surface area contributed by atoms with E-state index >= 15 is 0 Å². The lowest BCUT2D eigenvalue weighted by Gasteiger charge is -2.25. The second-order valence-electron chi connectivity index (χ2n) is 5.48. The Hall–Kier alpha value is -2.36. The van der Waals surface area contributed by atoms with Crippen LogP contribution in [0.3, 0.4) is 0 Å². The Labute approximate surface area is 124 Å². The Balaban J connectivity index is 1.92. The van der Waals surface area contributed by atoms with Crippen LogP contribution in [-0.4, -0.2) is 22.3 Å². The van der Waals surface area contributed by atoms with Gasteiger partial charge in [-0.05, 0) is 43.0 Å². The van der Waals surface area contributed by atoms with E-state index in [0.29, 0.717) is 11.3 Å². The topological polar surface area (TPSA) is 59.2 Å². The van der Waals surface area contributed by atoms with E-state index < -0.39 is 0 Å². The number of hydrogen-bond donors (Lipinski definition) is 1. The number of carbonyl (C=O) groups is 1. The number of aryl methyl sites for hydroxylation is 1. The molecule has 0 aliphatic carbocycles. The molecule has 1 unspecified atom stereocenters. The van der Waals surface area contributed by atoms with Crippen molar-refractivity contribution in [2.24, 2.45) is 0 Å². The molecule has 4 nitrogen and oxygen atoms in total. The van der Waals surface area contributed by atoms with Gasteiger partial charge in [-0.3, -0.25) is 9.78 Å². The summed E-state index contributed by atoms with van der Waals surface area (Å²) in [5.74, 6) is 0.0163. The molecular weight excluding hydrogens is 262 g/mol. The van der Waals surface area contributed by atoms with Gasteiger partial charge in [0.05, 0.1) is 11.6 Å². The Morgan fingerprint density at radius 1 is 1.33 bits per heavy atom. The van der Waals surface area contributed by atoms with Crippen molar-refractivity contribution in [1.82, 2.24) is 9.88 Å². The molecule has 4 heteroatoms. The van der Waals surface area contributed by atoms with E-state index in [1.54, 1.807) is 6.20 Å². The van der Waals surface area contributed by atoms with Gasteiger partial charge in [0.15, 0.2) is 0 Å². The number of anilines is 1. The van der Waals surface area contributed by atoms with Crippen molar-refractivity contribution in [3.05, 3.63) is 59.4 Å². The third kappa shape index (κ3) is 2.49. The SMILES string of the molecule is Cc1cccc(C(=O)N2CCCC2c2cccnc2)c1N. The number of carbonyl (C=O) groups excluding carboxylic acids is 1. The molecule has 1 saturated heterocycles. The quantitative estimate of drug-likeness (QED) is 0.861. The van der Waals surface area contributed by atoms with E-state index in [0.717, 1.165) is 30.5 Å². The summed E-state index contributed by atoms with van der Waals surface area (Å²) >= 11 is 0. The number of nitrogen functional groups attached to an aromatic ring is 1. The monoisotopic (exact) mass is 281 g/mol. The van der Waals surface area contributed by atoms with Gasteiger partial charge in [-0.15, -0.1) is 0 Å². The van der Waals surface area contributed by atoms with Gasteiger partial charge in [0.1, 0.15) is 0 Å². The summed E-state index contributed by atoms with van der Waals surface area (Å²) in [6.07, 6.45) is 5.58. The van der Waals surface area contributed by atoms with E-state index in [1.165, 1.54) is 0 Å². The molecule has 1 aliphatic rings. The summed E-state index contributed by atoms with van der Waals surface area (Å²) in [5.41, 5.74) is 9.30. The van der Waals surface area contributed by atoms with Gasteiger partial charge in [-0.2, -0.15) is 0 Å². The first-order chi connectivity index (χ1) is 10.2. The van der Waals surface area contributed by atoms with Crippen LogP contribution in [0.4, 0.5) is 5.69 Å². The van der Waals surface area contributed by atoms with Crippen molar-refractivity contribution >= 4 is 11.6 Å². The standard InChI is InChI=1S/C17H19N3O/c1-12-5-2-7-14(16(12)18)17(21)20-10-4-8-15(20)13-6-3-9-19-11-13/h2-3,5-7,9,11,15H,4,8,10,18H2,1H3. The average molecular weight is 281 g/mol. The van der Waals surface area contributed by atoms with Crippen LogP contribution in [0, 0.1) is 6.92 Å². The molecule has 1 amide bonds. The highest BCUT2D eigenvalue weighted by atomic mass is 16.2. The molecule has 108 valence electrons. The van der Waals surface area contributed by atoms with Crippen LogP contribution in [0.2, 0.25) is 0 Å². The smallest absolute Gasteiger partial charge is 0.256 e. The number of amides is 1. The third-order valence-electron chi connectivity index (χ3n) is 4.14. The predicted octanol–water partition coefficient (Wildman–Crippen LogP) is 2.95. The molecule has 1 aromatic heterocycles. The molecule has 3 rings (SSSR count). The Kier molecular flexibility index (Phi) is 3.60. The number of likely N-dealkylation sites (tertiary alicyclic amines) is 1. The maximum Gasteiger partial charge on any atom is 0.256 e. The van der Waals surface area contributed by atoms with E-state index in [1.807, 2.05) is 48.4 Å². The van der Waals surface area contributed by atoms with Crippen LogP contribution in [0.5, 0.6) is 0 Å². The molecule has 0 bridgehead atoms. The van der Waals surface area contributed by atoms with Crippen LogP contribution < -0.4 is 5.73 Å². The first-order valence-corrected chi connectivity index (χ1v) is 7.24. The molecular formula is C17H19N3O. The summed E-state index contributed by atoms with van der Waals surface area (Å²) in [6, 6.07) is 9.66. The average Bonchev–Trinajstić information content (AvgIpc) is 3.00. The van der Waals surface area contributed by atoms with Gasteiger partial charge in [-0.25, -0.2) is 0 Å². The van der Waals surface area contributed by atoms with Crippen molar-refractivity contribution in [3.63, 3.8) is 0 Å². The summed E-state index contributed by atoms with van der Waals surface area (Å²) in [5, 5.41) is 0. The van der Waals surface area contributed by atoms with E-state index in [-0.39, 0.29) is 11.9 Å². The molecule has 1 aromatic carbocycles. The zero-order valence-corrected chi connectivity index (χ0v) is 12.1. The van der Waals surface area contributed by atoms with E-state index in [9.17, 15) is 4.79 Å². The van der Waals surface area contributed by atoms with E-state index in [2.05, 4.69) is 4.98 Å². The minimum absolute atomic E-state index is 0.0163. The molecule has 1 fully saturated rings. The van der Waals surface area contributed by atoms with Gasteiger partial charge in [0.25, 0.3) is 5.91 Å². The number of pyridine rings is 1. The van der Waals surface area contributed by atoms with Crippen LogP contribution >= 0.6 is 0 Å². The number of hydrogen-bond acceptors (Lipinski definition) is 3. The molecule has 21 heavy (non-hydrogen) atoms. The lowest BCUT2D eigenvalue weighted by Crippen LogP contribution is -2.31. The summed E-state index contributed by atoms with van der Waals surface area (Å²) in [6.45, 7) is 2.69. The minimum Gasteiger partial charge on any atom is -0.398 e. The molecule has 1 aliphatic heterocycles. The number of para-hydroxylation sites is 1. The fraction of sp³-hybridized carbons (Fsp3) is 0.294. The molecule has 0 radical (unpaired) electrons. The second kappa shape index (κ2) is 5.56. The highest BCUT2D eigenvalue weighted by Gasteiger charge is 2.31. The molecule has 2 N–H and O–H groups in total. The van der Waals surface area contributed by atoms with Crippen molar-refractivity contribution in [2.45, 2.75) is 25.8 Å². The van der Waals surface area contributed by atoms with Crippen molar-refractivity contribution in [3.8, 4) is 0 Å². The summed E-state index contributed by atoms with van der Waals surface area (Å²) < 4.78 is 0. The first-order valence-electron chi connectivity index (χ1n) is 7.24. The first kappa shape index (κ1) is 13.6. The van der Waals surface area contributed by atoms with Gasteiger partial charge >= 0.3 is 0 Å². The number of rotatable bonds is 2. The van der Waals surface area contributed by atoms with Crippen molar-refractivity contribution in [2.75, 3.05) is 12.3 Å². The van der Waals surface area contributed by atoms with Crippen LogP contribution in [0.25, 0.3) is 0 Å². The number of benzene rings is 1. The lowest BCUT2D eigenvalue weighted by molar-refractivity contribution is 0.0736.